The summed E-state index contributed by atoms with van der Waals surface area (Å²) in [5.41, 5.74) is 3.80. The number of hydrazone groups is 1. The van der Waals surface area contributed by atoms with Crippen LogP contribution in [0.1, 0.15) is 12.5 Å². The summed E-state index contributed by atoms with van der Waals surface area (Å²) in [7, 11) is 0. The number of thioether (sulfide) groups is 1. The van der Waals surface area contributed by atoms with Crippen molar-refractivity contribution in [2.75, 3.05) is 5.75 Å². The minimum atomic E-state index is -0.302. The Morgan fingerprint density at radius 2 is 2.03 bits per heavy atom. The second-order valence-electron chi connectivity index (χ2n) is 5.96. The maximum Gasteiger partial charge on any atom is 0.250 e. The summed E-state index contributed by atoms with van der Waals surface area (Å²) < 4.78 is 3.23. The molecular weight excluding hydrogens is 558 g/mol. The van der Waals surface area contributed by atoms with Crippen LogP contribution in [-0.4, -0.2) is 37.7 Å². The molecule has 1 heterocycles. The summed E-state index contributed by atoms with van der Waals surface area (Å²) in [6.07, 6.45) is 1.38. The summed E-state index contributed by atoms with van der Waals surface area (Å²) in [4.78, 5) is 12.1. The van der Waals surface area contributed by atoms with Crippen molar-refractivity contribution in [2.24, 2.45) is 5.10 Å². The quantitative estimate of drug-likeness (QED) is 0.233. The number of hydrogen-bond acceptors (Lipinski definition) is 6. The van der Waals surface area contributed by atoms with Crippen molar-refractivity contribution in [3.05, 3.63) is 55.9 Å². The van der Waals surface area contributed by atoms with E-state index in [0.29, 0.717) is 32.6 Å². The Morgan fingerprint density at radius 1 is 1.30 bits per heavy atom. The monoisotopic (exact) mass is 571 g/mol. The number of rotatable bonds is 7. The molecule has 0 bridgehead atoms. The number of aromatic hydroxyl groups is 1. The van der Waals surface area contributed by atoms with Gasteiger partial charge in [0.1, 0.15) is 5.75 Å². The fourth-order valence-corrected chi connectivity index (χ4v) is 4.69. The average molecular weight is 574 g/mol. The number of carbonyl (C=O) groups excluding carboxylic acids is 1. The number of hydrogen-bond donors (Lipinski definition) is 2. The maximum atomic E-state index is 12.1. The van der Waals surface area contributed by atoms with Crippen LogP contribution in [0.2, 0.25) is 5.02 Å². The van der Waals surface area contributed by atoms with E-state index in [0.717, 1.165) is 10.0 Å². The van der Waals surface area contributed by atoms with Gasteiger partial charge in [0.05, 0.1) is 16.4 Å². The van der Waals surface area contributed by atoms with Crippen LogP contribution in [0.3, 0.4) is 0 Å². The van der Waals surface area contributed by atoms with E-state index >= 15 is 0 Å². The number of nitrogens with one attached hydrogen (secondary N) is 1. The van der Waals surface area contributed by atoms with E-state index in [1.165, 1.54) is 18.0 Å². The molecule has 0 radical (unpaired) electrons. The van der Waals surface area contributed by atoms with E-state index in [9.17, 15) is 9.90 Å². The molecule has 3 rings (SSSR count). The van der Waals surface area contributed by atoms with Crippen LogP contribution in [0.15, 0.2) is 55.6 Å². The number of halogens is 3. The number of carbonyl (C=O) groups is 1. The first-order valence-corrected chi connectivity index (χ1v) is 11.7. The summed E-state index contributed by atoms with van der Waals surface area (Å²) in [5.74, 6) is 0.565. The van der Waals surface area contributed by atoms with Crippen LogP contribution >= 0.6 is 55.2 Å². The first-order chi connectivity index (χ1) is 14.4. The number of phenols is 1. The van der Waals surface area contributed by atoms with Crippen LogP contribution < -0.4 is 5.43 Å². The van der Waals surface area contributed by atoms with E-state index in [4.69, 9.17) is 11.6 Å². The van der Waals surface area contributed by atoms with Crippen molar-refractivity contribution in [3.63, 3.8) is 0 Å². The van der Waals surface area contributed by atoms with Crippen molar-refractivity contribution < 1.29 is 9.90 Å². The summed E-state index contributed by atoms with van der Waals surface area (Å²) in [6.45, 7) is 2.64. The van der Waals surface area contributed by atoms with Gasteiger partial charge in [-0.15, -0.1) is 10.2 Å². The van der Waals surface area contributed by atoms with E-state index in [-0.39, 0.29) is 17.4 Å². The highest BCUT2D eigenvalue weighted by atomic mass is 79.9. The number of benzene rings is 2. The molecular formula is C19H16Br2ClN5O2S. The highest BCUT2D eigenvalue weighted by molar-refractivity contribution is 9.11. The van der Waals surface area contributed by atoms with Crippen molar-refractivity contribution in [1.29, 1.82) is 0 Å². The zero-order valence-electron chi connectivity index (χ0n) is 15.6. The normalized spacial score (nSPS) is 11.2. The second-order valence-corrected chi connectivity index (χ2v) is 9.11. The van der Waals surface area contributed by atoms with Crippen LogP contribution in [0.4, 0.5) is 0 Å². The Morgan fingerprint density at radius 3 is 2.73 bits per heavy atom. The smallest absolute Gasteiger partial charge is 0.250 e. The third-order valence-corrected chi connectivity index (χ3v) is 6.20. The Balaban J connectivity index is 1.62. The van der Waals surface area contributed by atoms with Gasteiger partial charge in [-0.1, -0.05) is 39.3 Å². The summed E-state index contributed by atoms with van der Waals surface area (Å²) in [5, 5.41) is 23.6. The number of phenolic OH excluding ortho intramolecular Hbond substituents is 1. The van der Waals surface area contributed by atoms with Gasteiger partial charge in [-0.3, -0.25) is 4.79 Å². The van der Waals surface area contributed by atoms with Gasteiger partial charge in [-0.05, 0) is 59.3 Å². The molecule has 0 spiro atoms. The fraction of sp³-hybridized carbons (Fsp3) is 0.158. The molecule has 3 aromatic rings. The van der Waals surface area contributed by atoms with Crippen molar-refractivity contribution >= 4 is 67.3 Å². The zero-order valence-corrected chi connectivity index (χ0v) is 20.4. The lowest BCUT2D eigenvalue weighted by Gasteiger charge is -2.07. The van der Waals surface area contributed by atoms with Crippen LogP contribution in [-0.2, 0) is 11.3 Å². The highest BCUT2D eigenvalue weighted by Gasteiger charge is 2.14. The molecule has 30 heavy (non-hydrogen) atoms. The molecule has 11 heteroatoms. The first-order valence-electron chi connectivity index (χ1n) is 8.71. The molecule has 0 saturated carbocycles. The van der Waals surface area contributed by atoms with Crippen molar-refractivity contribution in [3.8, 4) is 17.1 Å². The standard InChI is InChI=1S/C19H16Br2ClN5O2S/c1-2-27-18(11-3-5-14(22)6-4-11)25-26-19(27)30-10-16(28)24-23-9-12-7-13(20)8-15(21)17(12)29/h3-9,29H,2,10H2,1H3,(H,24,28)/b23-9-. The SMILES string of the molecule is CCn1c(SCC(=O)N/N=C\c2cc(Br)cc(Br)c2O)nnc1-c1ccc(Cl)cc1. The molecule has 0 unspecified atom stereocenters. The van der Waals surface area contributed by atoms with Gasteiger partial charge in [0.2, 0.25) is 0 Å². The Labute approximate surface area is 199 Å². The fourth-order valence-electron chi connectivity index (χ4n) is 2.51. The largest absolute Gasteiger partial charge is 0.506 e. The Bertz CT molecular complexity index is 1090. The predicted molar refractivity (Wildman–Crippen MR) is 126 cm³/mol. The molecule has 2 aromatic carbocycles. The molecule has 0 atom stereocenters. The molecule has 1 amide bonds. The molecule has 1 aromatic heterocycles. The molecule has 0 fully saturated rings. The Hall–Kier alpha value is -1.88. The lowest BCUT2D eigenvalue weighted by atomic mass is 10.2. The lowest BCUT2D eigenvalue weighted by Crippen LogP contribution is -2.20. The summed E-state index contributed by atoms with van der Waals surface area (Å²) >= 11 is 13.8. The van der Waals surface area contributed by atoms with Crippen molar-refractivity contribution in [2.45, 2.75) is 18.6 Å². The minimum Gasteiger partial charge on any atom is -0.506 e. The molecule has 7 nitrogen and oxygen atoms in total. The number of nitrogens with zero attached hydrogens (tertiary/aromatic N) is 4. The maximum absolute atomic E-state index is 12.1. The van der Waals surface area contributed by atoms with Gasteiger partial charge >= 0.3 is 0 Å². The molecule has 2 N–H and O–H groups in total. The lowest BCUT2D eigenvalue weighted by molar-refractivity contribution is -0.118. The summed E-state index contributed by atoms with van der Waals surface area (Å²) in [6, 6.07) is 10.8. The second kappa shape index (κ2) is 10.4. The highest BCUT2D eigenvalue weighted by Crippen LogP contribution is 2.30. The van der Waals surface area contributed by atoms with Gasteiger partial charge in [-0.2, -0.15) is 5.10 Å². The Kier molecular flexibility index (Phi) is 7.93. The molecule has 0 saturated heterocycles. The van der Waals surface area contributed by atoms with E-state index < -0.39 is 0 Å². The topological polar surface area (TPSA) is 92.4 Å². The van der Waals surface area contributed by atoms with E-state index in [1.54, 1.807) is 24.3 Å². The van der Waals surface area contributed by atoms with Gasteiger partial charge < -0.3 is 9.67 Å². The molecule has 0 aliphatic carbocycles. The van der Waals surface area contributed by atoms with Gasteiger partial charge in [0, 0.05) is 27.2 Å². The molecule has 0 aliphatic heterocycles. The first kappa shape index (κ1) is 22.8. The third-order valence-electron chi connectivity index (χ3n) is 3.92. The number of aromatic nitrogens is 3. The predicted octanol–water partition coefficient (Wildman–Crippen LogP) is 5.09. The average Bonchev–Trinajstić information content (AvgIpc) is 3.13. The molecule has 0 aliphatic rings. The van der Waals surface area contributed by atoms with Gasteiger partial charge in [-0.25, -0.2) is 5.43 Å². The van der Waals surface area contributed by atoms with E-state index in [2.05, 4.69) is 52.6 Å². The van der Waals surface area contributed by atoms with Crippen molar-refractivity contribution in [1.82, 2.24) is 20.2 Å². The zero-order chi connectivity index (χ0) is 21.7. The minimum absolute atomic E-state index is 0.0383. The van der Waals surface area contributed by atoms with Crippen LogP contribution in [0.25, 0.3) is 11.4 Å². The molecule has 156 valence electrons. The van der Waals surface area contributed by atoms with Gasteiger partial charge in [0.25, 0.3) is 5.91 Å². The van der Waals surface area contributed by atoms with Gasteiger partial charge in [0.15, 0.2) is 11.0 Å². The van der Waals surface area contributed by atoms with E-state index in [1.807, 2.05) is 23.6 Å². The number of amides is 1. The third kappa shape index (κ3) is 5.63. The van der Waals surface area contributed by atoms with Crippen LogP contribution in [0.5, 0.6) is 5.75 Å². The van der Waals surface area contributed by atoms with Crippen LogP contribution in [0, 0.1) is 0 Å².